The van der Waals surface area contributed by atoms with E-state index in [9.17, 15) is 34.8 Å². The number of aliphatic hydroxyl groups excluding tert-OH is 3. The summed E-state index contributed by atoms with van der Waals surface area (Å²) < 4.78 is 14.3. The van der Waals surface area contributed by atoms with Gasteiger partial charge in [0.05, 0.1) is 19.8 Å². The van der Waals surface area contributed by atoms with Crippen molar-refractivity contribution in [2.24, 2.45) is 0 Å². The molecule has 1 atom stereocenters. The van der Waals surface area contributed by atoms with Crippen LogP contribution < -0.4 is 0 Å². The van der Waals surface area contributed by atoms with Crippen molar-refractivity contribution in [1.82, 2.24) is 0 Å². The second-order valence-corrected chi connectivity index (χ2v) is 4.63. The third kappa shape index (κ3) is 4.97. The van der Waals surface area contributed by atoms with Crippen molar-refractivity contribution in [3.05, 3.63) is 38.0 Å². The third-order valence-corrected chi connectivity index (χ3v) is 3.16. The molecule has 0 amide bonds. The first-order valence-electron chi connectivity index (χ1n) is 6.76. The molecule has 0 saturated heterocycles. The zero-order chi connectivity index (χ0) is 19.7. The summed E-state index contributed by atoms with van der Waals surface area (Å²) in [5.41, 5.74) is -5.58. The van der Waals surface area contributed by atoms with Crippen LogP contribution in [0.3, 0.4) is 0 Å². The van der Waals surface area contributed by atoms with Gasteiger partial charge in [-0.25, -0.2) is 14.4 Å². The maximum atomic E-state index is 11.6. The molecule has 0 aromatic rings. The van der Waals surface area contributed by atoms with E-state index in [1.54, 1.807) is 0 Å². The monoisotopic (exact) mass is 360 g/mol. The largest absolute Gasteiger partial charge is 0.442 e. The predicted octanol–water partition coefficient (Wildman–Crippen LogP) is -2.05. The molecular formula is C15H20O10. The van der Waals surface area contributed by atoms with Gasteiger partial charge in [-0.1, -0.05) is 19.7 Å². The number of carbonyl (C=O) groups excluding carboxylic acids is 3. The summed E-state index contributed by atoms with van der Waals surface area (Å²) in [6, 6.07) is 0. The van der Waals surface area contributed by atoms with Crippen LogP contribution in [0.25, 0.3) is 0 Å². The minimum absolute atomic E-state index is 0.626. The fourth-order valence-corrected chi connectivity index (χ4v) is 1.68. The molecule has 0 spiro atoms. The Morgan fingerprint density at radius 1 is 0.840 bits per heavy atom. The summed E-state index contributed by atoms with van der Waals surface area (Å²) in [4.78, 5) is 34.6. The molecule has 0 saturated carbocycles. The molecule has 25 heavy (non-hydrogen) atoms. The number of ether oxygens (including phenoxy) is 3. The van der Waals surface area contributed by atoms with E-state index in [2.05, 4.69) is 19.7 Å². The second kappa shape index (κ2) is 9.69. The van der Waals surface area contributed by atoms with Gasteiger partial charge in [0.15, 0.2) is 5.60 Å². The molecule has 0 aliphatic carbocycles. The van der Waals surface area contributed by atoms with E-state index in [1.807, 2.05) is 0 Å². The summed E-state index contributed by atoms with van der Waals surface area (Å²) >= 11 is 0. The quantitative estimate of drug-likeness (QED) is 0.183. The minimum Gasteiger partial charge on any atom is -0.442 e. The van der Waals surface area contributed by atoms with Gasteiger partial charge in [0.25, 0.3) is 6.29 Å². The van der Waals surface area contributed by atoms with Crippen LogP contribution in [0.4, 0.5) is 0 Å². The van der Waals surface area contributed by atoms with Gasteiger partial charge in [0, 0.05) is 18.2 Å². The lowest BCUT2D eigenvalue weighted by Gasteiger charge is -2.45. The van der Waals surface area contributed by atoms with Gasteiger partial charge in [-0.05, 0) is 0 Å². The van der Waals surface area contributed by atoms with E-state index in [0.29, 0.717) is 18.2 Å². The molecule has 1 unspecified atom stereocenters. The van der Waals surface area contributed by atoms with Crippen LogP contribution in [0.2, 0.25) is 0 Å². The topological polar surface area (TPSA) is 160 Å². The Hall–Kier alpha value is -2.53. The van der Waals surface area contributed by atoms with E-state index in [4.69, 9.17) is 14.2 Å². The van der Waals surface area contributed by atoms with Crippen LogP contribution in [-0.2, 0) is 28.6 Å². The standard InChI is InChI=1S/C15H20O10/c1-4-10(19)23-13(24-11(20)5-2)15(9-18,25-12(21)6-3)14(22,7-16)8-17/h4-6,13,16-18,22H,1-3,7-9H2. The first-order valence-corrected chi connectivity index (χ1v) is 6.76. The van der Waals surface area contributed by atoms with Crippen molar-refractivity contribution in [2.45, 2.75) is 17.5 Å². The van der Waals surface area contributed by atoms with Gasteiger partial charge in [-0.15, -0.1) is 0 Å². The van der Waals surface area contributed by atoms with Gasteiger partial charge in [-0.2, -0.15) is 0 Å². The van der Waals surface area contributed by atoms with Crippen LogP contribution >= 0.6 is 0 Å². The highest BCUT2D eigenvalue weighted by atomic mass is 16.7. The fraction of sp³-hybridized carbons (Fsp3) is 0.400. The van der Waals surface area contributed by atoms with E-state index in [-0.39, 0.29) is 0 Å². The molecule has 10 nitrogen and oxygen atoms in total. The molecule has 140 valence electrons. The summed E-state index contributed by atoms with van der Waals surface area (Å²) in [5.74, 6) is -3.62. The van der Waals surface area contributed by atoms with Gasteiger partial charge in [-0.3, -0.25) is 0 Å². The normalized spacial score (nSPS) is 13.3. The minimum atomic E-state index is -2.79. The summed E-state index contributed by atoms with van der Waals surface area (Å²) in [7, 11) is 0. The third-order valence-electron chi connectivity index (χ3n) is 3.16. The number of hydrogen-bond donors (Lipinski definition) is 4. The van der Waals surface area contributed by atoms with Crippen molar-refractivity contribution in [2.75, 3.05) is 19.8 Å². The van der Waals surface area contributed by atoms with E-state index in [1.165, 1.54) is 0 Å². The van der Waals surface area contributed by atoms with Crippen LogP contribution in [0, 0.1) is 0 Å². The van der Waals surface area contributed by atoms with Crippen molar-refractivity contribution in [3.8, 4) is 0 Å². The number of rotatable bonds is 11. The highest BCUT2D eigenvalue weighted by Gasteiger charge is 2.62. The van der Waals surface area contributed by atoms with Gasteiger partial charge >= 0.3 is 17.9 Å². The maximum absolute atomic E-state index is 11.6. The first-order chi connectivity index (χ1) is 11.7. The van der Waals surface area contributed by atoms with E-state index < -0.39 is 55.2 Å². The van der Waals surface area contributed by atoms with Crippen molar-refractivity contribution < 1.29 is 49.0 Å². The molecule has 0 fully saturated rings. The highest BCUT2D eigenvalue weighted by molar-refractivity contribution is 5.84. The zero-order valence-corrected chi connectivity index (χ0v) is 13.3. The Morgan fingerprint density at radius 2 is 1.24 bits per heavy atom. The molecule has 10 heteroatoms. The van der Waals surface area contributed by atoms with E-state index in [0.717, 1.165) is 0 Å². The summed E-state index contributed by atoms with van der Waals surface area (Å²) in [6.07, 6.45) is -0.338. The molecule has 4 N–H and O–H groups in total. The molecule has 0 aliphatic rings. The molecular weight excluding hydrogens is 340 g/mol. The Bertz CT molecular complexity index is 514. The fourth-order valence-electron chi connectivity index (χ4n) is 1.68. The molecule has 0 aromatic carbocycles. The van der Waals surface area contributed by atoms with Gasteiger partial charge < -0.3 is 34.6 Å². The second-order valence-electron chi connectivity index (χ2n) is 4.63. The zero-order valence-electron chi connectivity index (χ0n) is 13.3. The molecule has 0 bridgehead atoms. The van der Waals surface area contributed by atoms with Crippen LogP contribution in [0.1, 0.15) is 0 Å². The Balaban J connectivity index is 6.36. The average molecular weight is 360 g/mol. The van der Waals surface area contributed by atoms with Gasteiger partial charge in [0.2, 0.25) is 5.60 Å². The predicted molar refractivity (Wildman–Crippen MR) is 81.6 cm³/mol. The number of carbonyl (C=O) groups is 3. The van der Waals surface area contributed by atoms with Crippen LogP contribution in [-0.4, -0.2) is 75.6 Å². The van der Waals surface area contributed by atoms with Crippen LogP contribution in [0.5, 0.6) is 0 Å². The Labute approximate surface area is 143 Å². The lowest BCUT2D eigenvalue weighted by atomic mass is 9.83. The Kier molecular flexibility index (Phi) is 8.71. The smallest absolute Gasteiger partial charge is 0.333 e. The average Bonchev–Trinajstić information content (AvgIpc) is 2.64. The number of hydrogen-bond acceptors (Lipinski definition) is 10. The molecule has 0 aliphatic heterocycles. The molecule has 0 heterocycles. The van der Waals surface area contributed by atoms with Crippen molar-refractivity contribution in [3.63, 3.8) is 0 Å². The van der Waals surface area contributed by atoms with Crippen molar-refractivity contribution >= 4 is 17.9 Å². The number of aliphatic hydroxyl groups is 4. The van der Waals surface area contributed by atoms with E-state index >= 15 is 0 Å². The van der Waals surface area contributed by atoms with Gasteiger partial charge in [0.1, 0.15) is 0 Å². The molecule has 0 aromatic heterocycles. The number of esters is 3. The SMILES string of the molecule is C=CC(=O)OC(OC(=O)C=C)C(CO)(OC(=O)C=C)C(O)(CO)CO. The Morgan fingerprint density at radius 3 is 1.52 bits per heavy atom. The van der Waals surface area contributed by atoms with Crippen molar-refractivity contribution in [1.29, 1.82) is 0 Å². The molecule has 0 rings (SSSR count). The highest BCUT2D eigenvalue weighted by Crippen LogP contribution is 2.33. The van der Waals surface area contributed by atoms with Crippen LogP contribution in [0.15, 0.2) is 38.0 Å². The lowest BCUT2D eigenvalue weighted by molar-refractivity contribution is -0.300. The molecule has 0 radical (unpaired) electrons. The first kappa shape index (κ1) is 22.5. The summed E-state index contributed by atoms with van der Waals surface area (Å²) in [5, 5.41) is 39.0. The summed E-state index contributed by atoms with van der Waals surface area (Å²) in [6.45, 7) is 5.47. The lowest BCUT2D eigenvalue weighted by Crippen LogP contribution is -2.70. The maximum Gasteiger partial charge on any atom is 0.333 e.